The molecular formula is C16H12BrN2O3S-. The number of amides is 1. The van der Waals surface area contributed by atoms with Crippen molar-refractivity contribution in [3.63, 3.8) is 0 Å². The molecule has 5 nitrogen and oxygen atoms in total. The fourth-order valence-corrected chi connectivity index (χ4v) is 5.06. The van der Waals surface area contributed by atoms with Crippen molar-refractivity contribution < 1.29 is 14.7 Å². The van der Waals surface area contributed by atoms with Gasteiger partial charge in [0.05, 0.1) is 16.1 Å². The van der Waals surface area contributed by atoms with Crippen LogP contribution in [0, 0.1) is 23.7 Å². The summed E-state index contributed by atoms with van der Waals surface area (Å²) in [4.78, 5) is 28.4. The molecule has 0 radical (unpaired) electrons. The first kappa shape index (κ1) is 14.8. The molecule has 1 heterocycles. The maximum absolute atomic E-state index is 12.6. The second-order valence-electron chi connectivity index (χ2n) is 5.94. The first-order valence-electron chi connectivity index (χ1n) is 7.29. The second-order valence-corrected chi connectivity index (χ2v) is 7.89. The number of carbonyl (C=O) groups excluding carboxylic acids is 2. The molecule has 7 heteroatoms. The van der Waals surface area contributed by atoms with Crippen LogP contribution in [0.4, 0.5) is 5.13 Å². The summed E-state index contributed by atoms with van der Waals surface area (Å²) < 4.78 is 1.90. The van der Waals surface area contributed by atoms with E-state index in [2.05, 4.69) is 26.2 Å². The number of nitrogens with zero attached hydrogens (tertiary/aromatic N) is 1. The summed E-state index contributed by atoms with van der Waals surface area (Å²) in [5, 5.41) is 14.7. The summed E-state index contributed by atoms with van der Waals surface area (Å²) in [6.45, 7) is 0. The van der Waals surface area contributed by atoms with Gasteiger partial charge >= 0.3 is 0 Å². The number of rotatable bonds is 3. The van der Waals surface area contributed by atoms with Gasteiger partial charge < -0.3 is 15.2 Å². The fourth-order valence-electron chi connectivity index (χ4n) is 3.64. The van der Waals surface area contributed by atoms with Crippen molar-refractivity contribution in [3.05, 3.63) is 34.8 Å². The third-order valence-electron chi connectivity index (χ3n) is 4.61. The summed E-state index contributed by atoms with van der Waals surface area (Å²) in [5.74, 6) is -2.86. The second kappa shape index (κ2) is 5.42. The van der Waals surface area contributed by atoms with Crippen molar-refractivity contribution in [3.8, 4) is 0 Å². The Kier molecular flexibility index (Phi) is 3.50. The highest BCUT2D eigenvalue weighted by molar-refractivity contribution is 9.10. The maximum Gasteiger partial charge on any atom is 0.230 e. The van der Waals surface area contributed by atoms with Gasteiger partial charge in [-0.25, -0.2) is 4.98 Å². The highest BCUT2D eigenvalue weighted by Crippen LogP contribution is 2.48. The van der Waals surface area contributed by atoms with Crippen molar-refractivity contribution in [1.82, 2.24) is 4.98 Å². The zero-order chi connectivity index (χ0) is 16.1. The number of fused-ring (bicyclic) bond motifs is 3. The normalized spacial score (nSPS) is 28.4. The molecule has 0 saturated heterocycles. The Morgan fingerprint density at radius 2 is 2.00 bits per heavy atom. The average molecular weight is 392 g/mol. The smallest absolute Gasteiger partial charge is 0.230 e. The minimum Gasteiger partial charge on any atom is -0.550 e. The van der Waals surface area contributed by atoms with E-state index in [1.165, 1.54) is 11.3 Å². The van der Waals surface area contributed by atoms with Crippen molar-refractivity contribution in [2.24, 2.45) is 23.7 Å². The highest BCUT2D eigenvalue weighted by atomic mass is 79.9. The minimum absolute atomic E-state index is 0.0218. The summed E-state index contributed by atoms with van der Waals surface area (Å²) in [6, 6.07) is 5.70. The lowest BCUT2D eigenvalue weighted by Crippen LogP contribution is -2.42. The lowest BCUT2D eigenvalue weighted by molar-refractivity contribution is -0.313. The number of aliphatic carboxylic acids is 1. The molecule has 118 valence electrons. The summed E-state index contributed by atoms with van der Waals surface area (Å²) in [7, 11) is 0. The Morgan fingerprint density at radius 1 is 1.26 bits per heavy atom. The van der Waals surface area contributed by atoms with E-state index in [4.69, 9.17) is 0 Å². The van der Waals surface area contributed by atoms with Crippen LogP contribution in [-0.2, 0) is 9.59 Å². The van der Waals surface area contributed by atoms with E-state index in [-0.39, 0.29) is 17.7 Å². The predicted molar refractivity (Wildman–Crippen MR) is 88.7 cm³/mol. The van der Waals surface area contributed by atoms with Crippen LogP contribution < -0.4 is 10.4 Å². The SMILES string of the molecule is O=C(Nc1nc2ccc(Br)cc2s1)[C@@H]1[C@@H](C(=O)[O-])[C@H]2C=C[C@@H]1C2. The van der Waals surface area contributed by atoms with Crippen LogP contribution in [0.3, 0.4) is 0 Å². The van der Waals surface area contributed by atoms with Gasteiger partial charge in [-0.1, -0.05) is 39.4 Å². The number of aromatic nitrogens is 1. The van der Waals surface area contributed by atoms with Crippen molar-refractivity contribution in [2.45, 2.75) is 6.42 Å². The molecular weight excluding hydrogens is 380 g/mol. The zero-order valence-electron chi connectivity index (χ0n) is 11.9. The predicted octanol–water partition coefficient (Wildman–Crippen LogP) is 2.19. The Labute approximate surface area is 144 Å². The quantitative estimate of drug-likeness (QED) is 0.812. The number of hydrogen-bond donors (Lipinski definition) is 1. The van der Waals surface area contributed by atoms with E-state index in [1.807, 2.05) is 30.4 Å². The number of halogens is 1. The lowest BCUT2D eigenvalue weighted by atomic mass is 9.82. The van der Waals surface area contributed by atoms with Crippen LogP contribution >= 0.6 is 27.3 Å². The molecule has 1 aromatic heterocycles. The molecule has 1 N–H and O–H groups in total. The van der Waals surface area contributed by atoms with E-state index in [1.54, 1.807) is 0 Å². The third kappa shape index (κ3) is 2.48. The summed E-state index contributed by atoms with van der Waals surface area (Å²) in [5.41, 5.74) is 0.804. The van der Waals surface area contributed by atoms with Gasteiger partial charge in [0.2, 0.25) is 5.91 Å². The molecule has 2 aliphatic carbocycles. The van der Waals surface area contributed by atoms with E-state index in [0.29, 0.717) is 11.6 Å². The van der Waals surface area contributed by atoms with Gasteiger partial charge in [-0.2, -0.15) is 0 Å². The molecule has 1 aromatic carbocycles. The number of carboxylic acid groups (broad SMARTS) is 1. The Morgan fingerprint density at radius 3 is 2.74 bits per heavy atom. The van der Waals surface area contributed by atoms with Crippen molar-refractivity contribution >= 4 is 54.5 Å². The van der Waals surface area contributed by atoms with Gasteiger partial charge in [-0.05, 0) is 36.5 Å². The van der Waals surface area contributed by atoms with Gasteiger partial charge in [0.25, 0.3) is 0 Å². The fraction of sp³-hybridized carbons (Fsp3) is 0.312. The van der Waals surface area contributed by atoms with Crippen LogP contribution in [0.25, 0.3) is 10.2 Å². The van der Waals surface area contributed by atoms with E-state index < -0.39 is 17.8 Å². The van der Waals surface area contributed by atoms with Crippen LogP contribution in [0.1, 0.15) is 6.42 Å². The molecule has 0 aliphatic heterocycles. The van der Waals surface area contributed by atoms with Crippen LogP contribution in [0.5, 0.6) is 0 Å². The standard InChI is InChI=1S/C16H13BrN2O3S/c17-9-3-4-10-11(6-9)23-16(18-10)19-14(20)12-7-1-2-8(5-7)13(12)15(21)22/h1-4,6-8,12-13H,5H2,(H,21,22)(H,18,19,20)/p-1/t7-,8+,12+,13+/m1/s1. The van der Waals surface area contributed by atoms with Gasteiger partial charge in [-0.3, -0.25) is 4.79 Å². The number of allylic oxidation sites excluding steroid dienone is 2. The van der Waals surface area contributed by atoms with E-state index in [0.717, 1.165) is 14.7 Å². The van der Waals surface area contributed by atoms with Crippen LogP contribution in [0.2, 0.25) is 0 Å². The number of thiazole rings is 1. The molecule has 4 rings (SSSR count). The van der Waals surface area contributed by atoms with Gasteiger partial charge in [0.1, 0.15) is 0 Å². The molecule has 2 aromatic rings. The number of carbonyl (C=O) groups is 2. The zero-order valence-corrected chi connectivity index (χ0v) is 14.3. The van der Waals surface area contributed by atoms with Gasteiger partial charge in [0.15, 0.2) is 5.13 Å². The molecule has 2 aliphatic rings. The number of anilines is 1. The molecule has 4 atom stereocenters. The molecule has 1 fully saturated rings. The van der Waals surface area contributed by atoms with Crippen molar-refractivity contribution in [1.29, 1.82) is 0 Å². The Hall–Kier alpha value is -1.73. The van der Waals surface area contributed by atoms with E-state index >= 15 is 0 Å². The summed E-state index contributed by atoms with van der Waals surface area (Å²) in [6.07, 6.45) is 4.55. The van der Waals surface area contributed by atoms with Gasteiger partial charge in [-0.15, -0.1) is 0 Å². The Balaban J connectivity index is 1.59. The third-order valence-corrected chi connectivity index (χ3v) is 6.04. The van der Waals surface area contributed by atoms with Crippen LogP contribution in [-0.4, -0.2) is 16.9 Å². The number of carboxylic acids is 1. The molecule has 2 bridgehead atoms. The van der Waals surface area contributed by atoms with Gasteiger partial charge in [0, 0.05) is 16.4 Å². The number of hydrogen-bond acceptors (Lipinski definition) is 5. The number of benzene rings is 1. The lowest BCUT2D eigenvalue weighted by Gasteiger charge is -2.27. The first-order valence-corrected chi connectivity index (χ1v) is 8.90. The largest absolute Gasteiger partial charge is 0.550 e. The average Bonchev–Trinajstić information content (AvgIpc) is 3.18. The maximum atomic E-state index is 12.6. The van der Waals surface area contributed by atoms with Crippen molar-refractivity contribution in [2.75, 3.05) is 5.32 Å². The molecule has 23 heavy (non-hydrogen) atoms. The van der Waals surface area contributed by atoms with Crippen LogP contribution in [0.15, 0.2) is 34.8 Å². The summed E-state index contributed by atoms with van der Waals surface area (Å²) >= 11 is 4.78. The molecule has 1 saturated carbocycles. The first-order chi connectivity index (χ1) is 11.0. The Bertz CT molecular complexity index is 847. The molecule has 0 unspecified atom stereocenters. The van der Waals surface area contributed by atoms with E-state index in [9.17, 15) is 14.7 Å². The number of nitrogens with one attached hydrogen (secondary N) is 1. The highest BCUT2D eigenvalue weighted by Gasteiger charge is 2.48. The minimum atomic E-state index is -1.14. The molecule has 1 amide bonds. The molecule has 0 spiro atoms. The monoisotopic (exact) mass is 391 g/mol. The topological polar surface area (TPSA) is 82.1 Å².